The van der Waals surface area contributed by atoms with E-state index in [1.54, 1.807) is 25.0 Å². The largest absolute Gasteiger partial charge is 0.493 e. The van der Waals surface area contributed by atoms with Crippen molar-refractivity contribution in [3.63, 3.8) is 0 Å². The molecule has 0 saturated heterocycles. The Bertz CT molecular complexity index is 1350. The Morgan fingerprint density at radius 1 is 1.00 bits per heavy atom. The van der Waals surface area contributed by atoms with Gasteiger partial charge in [0.25, 0.3) is 0 Å². The Hall–Kier alpha value is -4.13. The Kier molecular flexibility index (Phi) is 6.63. The number of aryl methyl sites for hydroxylation is 2. The van der Waals surface area contributed by atoms with E-state index in [9.17, 15) is 4.79 Å². The topological polar surface area (TPSA) is 71.2 Å². The van der Waals surface area contributed by atoms with E-state index < -0.39 is 0 Å². The van der Waals surface area contributed by atoms with Gasteiger partial charge in [-0.05, 0) is 49.8 Å². The number of methoxy groups -OCH3 is 2. The van der Waals surface area contributed by atoms with Crippen LogP contribution in [-0.2, 0) is 13.6 Å². The first-order chi connectivity index (χ1) is 16.4. The number of rotatable bonds is 8. The van der Waals surface area contributed by atoms with Crippen molar-refractivity contribution in [2.75, 3.05) is 14.2 Å². The highest BCUT2D eigenvalue weighted by Crippen LogP contribution is 2.33. The molecular weight excluding hydrogens is 428 g/mol. The maximum atomic E-state index is 13.0. The molecule has 0 radical (unpaired) electrons. The van der Waals surface area contributed by atoms with Crippen molar-refractivity contribution in [3.05, 3.63) is 88.9 Å². The summed E-state index contributed by atoms with van der Waals surface area (Å²) in [5.74, 6) is 1.17. The number of hydrogen-bond donors (Lipinski definition) is 0. The summed E-state index contributed by atoms with van der Waals surface area (Å²) in [4.78, 5) is 13.0. The van der Waals surface area contributed by atoms with E-state index in [1.807, 2.05) is 74.2 Å². The molecule has 0 unspecified atom stereocenters. The summed E-state index contributed by atoms with van der Waals surface area (Å²) < 4.78 is 14.5. The molecule has 4 aromatic rings. The van der Waals surface area contributed by atoms with Crippen molar-refractivity contribution in [2.45, 2.75) is 20.4 Å². The second-order valence-electron chi connectivity index (χ2n) is 8.05. The van der Waals surface area contributed by atoms with Gasteiger partial charge in [0.05, 0.1) is 37.7 Å². The fourth-order valence-corrected chi connectivity index (χ4v) is 4.00. The molecule has 0 bridgehead atoms. The number of benzene rings is 2. The summed E-state index contributed by atoms with van der Waals surface area (Å²) in [5.41, 5.74) is 5.77. The number of allylic oxidation sites excluding steroid dienone is 1. The quantitative estimate of drug-likeness (QED) is 0.280. The van der Waals surface area contributed by atoms with Gasteiger partial charge in [-0.3, -0.25) is 14.2 Å². The molecule has 0 N–H and O–H groups in total. The van der Waals surface area contributed by atoms with Crippen LogP contribution < -0.4 is 9.47 Å². The van der Waals surface area contributed by atoms with Gasteiger partial charge in [-0.2, -0.15) is 10.2 Å². The fourth-order valence-electron chi connectivity index (χ4n) is 4.00. The first kappa shape index (κ1) is 23.0. The zero-order valence-electron chi connectivity index (χ0n) is 20.1. The van der Waals surface area contributed by atoms with Gasteiger partial charge in [0, 0.05) is 30.1 Å². The Balaban J connectivity index is 1.74. The molecule has 0 aliphatic heterocycles. The summed E-state index contributed by atoms with van der Waals surface area (Å²) in [6, 6.07) is 15.8. The fraction of sp³-hybridized carbons (Fsp3) is 0.222. The molecule has 7 nitrogen and oxygen atoms in total. The summed E-state index contributed by atoms with van der Waals surface area (Å²) in [7, 11) is 5.05. The van der Waals surface area contributed by atoms with Crippen LogP contribution in [0, 0.1) is 13.8 Å². The van der Waals surface area contributed by atoms with Crippen LogP contribution in [0.3, 0.4) is 0 Å². The number of hydrogen-bond acceptors (Lipinski definition) is 5. The van der Waals surface area contributed by atoms with Crippen molar-refractivity contribution in [2.24, 2.45) is 7.05 Å². The van der Waals surface area contributed by atoms with Crippen LogP contribution in [0.5, 0.6) is 11.5 Å². The molecule has 0 aliphatic rings. The number of ketones is 1. The molecule has 7 heteroatoms. The maximum Gasteiger partial charge on any atom is 0.189 e. The molecule has 0 fully saturated rings. The molecule has 34 heavy (non-hydrogen) atoms. The highest BCUT2D eigenvalue weighted by molar-refractivity contribution is 6.08. The Labute approximate surface area is 199 Å². The molecule has 0 atom stereocenters. The summed E-state index contributed by atoms with van der Waals surface area (Å²) in [6.07, 6.45) is 5.35. The zero-order chi connectivity index (χ0) is 24.2. The lowest BCUT2D eigenvalue weighted by Gasteiger charge is -2.09. The van der Waals surface area contributed by atoms with Crippen LogP contribution in [0.1, 0.15) is 32.9 Å². The molecule has 0 spiro atoms. The molecule has 0 amide bonds. The van der Waals surface area contributed by atoms with Crippen LogP contribution in [0.25, 0.3) is 17.3 Å². The van der Waals surface area contributed by atoms with Gasteiger partial charge in [-0.25, -0.2) is 0 Å². The lowest BCUT2D eigenvalue weighted by Crippen LogP contribution is -2.00. The first-order valence-corrected chi connectivity index (χ1v) is 11.0. The minimum atomic E-state index is -0.0860. The lowest BCUT2D eigenvalue weighted by atomic mass is 10.0. The summed E-state index contributed by atoms with van der Waals surface area (Å²) >= 11 is 0. The van der Waals surface area contributed by atoms with Gasteiger partial charge < -0.3 is 9.47 Å². The normalized spacial score (nSPS) is 11.2. The van der Waals surface area contributed by atoms with Crippen molar-refractivity contribution >= 4 is 11.9 Å². The number of carbonyl (C=O) groups is 1. The van der Waals surface area contributed by atoms with E-state index in [0.29, 0.717) is 23.6 Å². The van der Waals surface area contributed by atoms with E-state index in [4.69, 9.17) is 14.6 Å². The van der Waals surface area contributed by atoms with Crippen molar-refractivity contribution in [3.8, 4) is 22.8 Å². The zero-order valence-corrected chi connectivity index (χ0v) is 20.1. The Morgan fingerprint density at radius 3 is 2.38 bits per heavy atom. The van der Waals surface area contributed by atoms with Crippen LogP contribution in [0.15, 0.2) is 60.8 Å². The van der Waals surface area contributed by atoms with E-state index in [-0.39, 0.29) is 5.78 Å². The minimum Gasteiger partial charge on any atom is -0.493 e. The number of carbonyl (C=O) groups excluding carboxylic acids is 1. The maximum absolute atomic E-state index is 13.0. The van der Waals surface area contributed by atoms with E-state index in [0.717, 1.165) is 33.8 Å². The number of ether oxygens (including phenoxy) is 2. The molecule has 0 saturated carbocycles. The monoisotopic (exact) mass is 456 g/mol. The van der Waals surface area contributed by atoms with Gasteiger partial charge in [0.2, 0.25) is 0 Å². The molecule has 0 aliphatic carbocycles. The van der Waals surface area contributed by atoms with Crippen LogP contribution in [0.4, 0.5) is 0 Å². The van der Waals surface area contributed by atoms with Crippen molar-refractivity contribution in [1.82, 2.24) is 19.6 Å². The molecular formula is C27H28N4O3. The van der Waals surface area contributed by atoms with Gasteiger partial charge in [0.15, 0.2) is 17.3 Å². The van der Waals surface area contributed by atoms with Crippen molar-refractivity contribution < 1.29 is 14.3 Å². The van der Waals surface area contributed by atoms with Gasteiger partial charge >= 0.3 is 0 Å². The summed E-state index contributed by atoms with van der Waals surface area (Å²) in [5, 5.41) is 9.20. The average molecular weight is 457 g/mol. The van der Waals surface area contributed by atoms with E-state index >= 15 is 0 Å². The smallest absolute Gasteiger partial charge is 0.189 e. The van der Waals surface area contributed by atoms with Gasteiger partial charge in [-0.15, -0.1) is 0 Å². The summed E-state index contributed by atoms with van der Waals surface area (Å²) in [6.45, 7) is 4.36. The van der Waals surface area contributed by atoms with Crippen LogP contribution >= 0.6 is 0 Å². The minimum absolute atomic E-state index is 0.0860. The molecule has 4 rings (SSSR count). The SMILES string of the molecule is COc1ccc(-c2nn(Cc3ccccc3)cc2C=CC(=O)c2c(C)nn(C)c2C)cc1OC. The van der Waals surface area contributed by atoms with Crippen molar-refractivity contribution in [1.29, 1.82) is 0 Å². The van der Waals surface area contributed by atoms with Gasteiger partial charge in [-0.1, -0.05) is 30.3 Å². The van der Waals surface area contributed by atoms with Crippen LogP contribution in [0.2, 0.25) is 0 Å². The third-order valence-corrected chi connectivity index (χ3v) is 5.80. The standard InChI is InChI=1S/C27H28N4O3/c1-18-26(19(2)30(3)28-18)23(32)13-11-22-17-31(16-20-9-7-6-8-10-20)29-27(22)21-12-14-24(33-4)25(15-21)34-5/h6-15,17H,16H2,1-5H3. The highest BCUT2D eigenvalue weighted by atomic mass is 16.5. The predicted octanol–water partition coefficient (Wildman–Crippen LogP) is 4.86. The van der Waals surface area contributed by atoms with Gasteiger partial charge in [0.1, 0.15) is 0 Å². The van der Waals surface area contributed by atoms with Crippen LogP contribution in [-0.4, -0.2) is 39.6 Å². The molecule has 2 heterocycles. The molecule has 2 aromatic carbocycles. The van der Waals surface area contributed by atoms with E-state index in [1.165, 1.54) is 0 Å². The molecule has 2 aromatic heterocycles. The molecule has 174 valence electrons. The average Bonchev–Trinajstić information content (AvgIpc) is 3.36. The first-order valence-electron chi connectivity index (χ1n) is 11.0. The third kappa shape index (κ3) is 4.64. The second-order valence-corrected chi connectivity index (χ2v) is 8.05. The highest BCUT2D eigenvalue weighted by Gasteiger charge is 2.17. The van der Waals surface area contributed by atoms with E-state index in [2.05, 4.69) is 17.2 Å². The predicted molar refractivity (Wildman–Crippen MR) is 132 cm³/mol. The third-order valence-electron chi connectivity index (χ3n) is 5.80. The number of aromatic nitrogens is 4. The number of nitrogens with zero attached hydrogens (tertiary/aromatic N) is 4. The second kappa shape index (κ2) is 9.79. The lowest BCUT2D eigenvalue weighted by molar-refractivity contribution is 0.104. The Morgan fingerprint density at radius 2 is 1.74 bits per heavy atom.